The van der Waals surface area contributed by atoms with Gasteiger partial charge in [-0.3, -0.25) is 27.8 Å². The lowest BCUT2D eigenvalue weighted by Crippen LogP contribution is -2.50. The third-order valence-corrected chi connectivity index (χ3v) is 11.1. The maximum absolute atomic E-state index is 16.1. The van der Waals surface area contributed by atoms with E-state index >= 15 is 4.39 Å². The third-order valence-electron chi connectivity index (χ3n) is 9.09. The van der Waals surface area contributed by atoms with Gasteiger partial charge in [0.05, 0.1) is 12.9 Å². The number of imidazole rings is 2. The van der Waals surface area contributed by atoms with Crippen LogP contribution in [0.4, 0.5) is 4.39 Å². The molecule has 234 valence electrons. The molecule has 0 spiro atoms. The van der Waals surface area contributed by atoms with Crippen LogP contribution in [0.1, 0.15) is 26.0 Å². The molecule has 18 heteroatoms. The van der Waals surface area contributed by atoms with Crippen LogP contribution in [-0.2, 0) is 36.8 Å². The van der Waals surface area contributed by atoms with Gasteiger partial charge in [0.15, 0.2) is 29.2 Å². The van der Waals surface area contributed by atoms with E-state index in [2.05, 4.69) is 19.9 Å². The van der Waals surface area contributed by atoms with Gasteiger partial charge in [0, 0.05) is 36.2 Å². The highest BCUT2D eigenvalue weighted by Gasteiger charge is 2.54. The van der Waals surface area contributed by atoms with Gasteiger partial charge in [0.25, 0.3) is 5.91 Å². The van der Waals surface area contributed by atoms with Crippen LogP contribution in [-0.4, -0.2) is 80.4 Å². The molecular weight excluding hydrogens is 619 g/mol. The first-order valence-electron chi connectivity index (χ1n) is 14.1. The van der Waals surface area contributed by atoms with Gasteiger partial charge >= 0.3 is 15.9 Å². The van der Waals surface area contributed by atoms with Gasteiger partial charge in [-0.2, -0.15) is 0 Å². The van der Waals surface area contributed by atoms with E-state index in [0.717, 1.165) is 0 Å². The molecule has 6 heterocycles. The number of hydrogen-bond acceptors (Lipinski definition) is 12. The van der Waals surface area contributed by atoms with Crippen molar-refractivity contribution < 1.29 is 41.1 Å². The summed E-state index contributed by atoms with van der Waals surface area (Å²) in [6, 6.07) is 0. The van der Waals surface area contributed by atoms with Gasteiger partial charge < -0.3 is 15.0 Å². The first kappa shape index (κ1) is 29.7. The van der Waals surface area contributed by atoms with Crippen LogP contribution in [0.25, 0.3) is 16.8 Å². The fourth-order valence-electron chi connectivity index (χ4n) is 6.69. The van der Waals surface area contributed by atoms with Gasteiger partial charge in [-0.15, -0.1) is 9.05 Å². The van der Waals surface area contributed by atoms with Crippen molar-refractivity contribution in [1.82, 2.24) is 23.9 Å². The molecule has 10 atom stereocenters. The van der Waals surface area contributed by atoms with Crippen molar-refractivity contribution in [2.75, 3.05) is 26.5 Å². The van der Waals surface area contributed by atoms with E-state index < -0.39 is 51.8 Å². The van der Waals surface area contributed by atoms with Gasteiger partial charge in [0.1, 0.15) is 37.5 Å². The zero-order valence-electron chi connectivity index (χ0n) is 23.8. The molecule has 1 aliphatic carbocycles. The standard InChI is InChI=1S/C26H30FN7O8P2/c1-26(3-4-29-17(8-26)22(28)35)16-7-14-9-40-44(2,37)42-21-18(11-39-43(36)38-10-15(14)16)41-25(19(21)27)34-13-31-20-23-30-5-6-33(23)12-32-24(20)34/h3-6,12-16,18-19,21,25H,7-11H2,1-2H3,(H-,28,35)/p+1/t14-,15-,16-,18-,19-,21-,25-,26?,44-/m1/s1. The maximum atomic E-state index is 16.1. The number of ether oxygens (including phenoxy) is 1. The molecule has 0 bridgehead atoms. The van der Waals surface area contributed by atoms with Crippen molar-refractivity contribution in [2.24, 2.45) is 33.9 Å². The summed E-state index contributed by atoms with van der Waals surface area (Å²) in [4.78, 5) is 28.9. The number of carbonyl (C=O) groups excluding carboxylic acids is 1. The SMILES string of the molecule is CC1([C@@H]2C[C@@H]3CO[P@@](C)(=O)O[C@H]4[C@@H](F)[C@H](n5cnc6c5ncn5ccnc65)O[C@@H]4CO[P+](=O)OC[C@H]32)C=CN=C(C(N)=O)C1. The summed E-state index contributed by atoms with van der Waals surface area (Å²) in [5, 5.41) is 0. The number of fused-ring (bicyclic) bond motifs is 5. The number of allylic oxidation sites excluding steroid dienone is 1. The van der Waals surface area contributed by atoms with Crippen LogP contribution in [0.5, 0.6) is 0 Å². The van der Waals surface area contributed by atoms with E-state index in [1.165, 1.54) is 23.9 Å². The lowest BCUT2D eigenvalue weighted by molar-refractivity contribution is -0.112. The molecule has 15 nitrogen and oxygen atoms in total. The molecule has 3 aliphatic heterocycles. The Kier molecular flexibility index (Phi) is 7.52. The number of aromatic nitrogens is 5. The number of aliphatic imine (C=N–C) groups is 1. The second-order valence-corrected chi connectivity index (χ2v) is 14.9. The zero-order valence-corrected chi connectivity index (χ0v) is 25.6. The Bertz CT molecular complexity index is 1750. The fraction of sp³-hybridized carbons (Fsp3) is 0.577. The molecule has 0 aromatic carbocycles. The summed E-state index contributed by atoms with van der Waals surface area (Å²) < 4.78 is 74.4. The number of nitrogens with two attached hydrogens (primary N) is 1. The van der Waals surface area contributed by atoms with Crippen LogP contribution in [0, 0.1) is 23.2 Å². The molecule has 3 fully saturated rings. The van der Waals surface area contributed by atoms with E-state index in [4.69, 9.17) is 28.6 Å². The van der Waals surface area contributed by atoms with Crippen molar-refractivity contribution in [1.29, 1.82) is 0 Å². The minimum atomic E-state index is -3.81. The maximum Gasteiger partial charge on any atom is 0.697 e. The Hall–Kier alpha value is -2.97. The summed E-state index contributed by atoms with van der Waals surface area (Å²) in [5.41, 5.74) is 6.62. The van der Waals surface area contributed by atoms with E-state index in [1.54, 1.807) is 23.0 Å². The number of carbonyl (C=O) groups is 1. The number of halogens is 1. The van der Waals surface area contributed by atoms with Crippen LogP contribution in [0.15, 0.2) is 42.3 Å². The lowest BCUT2D eigenvalue weighted by atomic mass is 9.53. The number of amides is 1. The molecule has 2 N–H and O–H groups in total. The molecule has 1 saturated carbocycles. The quantitative estimate of drug-likeness (QED) is 0.410. The molecule has 3 aromatic rings. The Balaban J connectivity index is 1.10. The van der Waals surface area contributed by atoms with Crippen molar-refractivity contribution in [2.45, 2.75) is 44.4 Å². The highest BCUT2D eigenvalue weighted by atomic mass is 31.2. The predicted octanol–water partition coefficient (Wildman–Crippen LogP) is 3.35. The number of hydrogen-bond donors (Lipinski definition) is 1. The normalized spacial score (nSPS) is 39.0. The first-order chi connectivity index (χ1) is 21.0. The van der Waals surface area contributed by atoms with E-state index in [0.29, 0.717) is 29.7 Å². The van der Waals surface area contributed by atoms with Gasteiger partial charge in [-0.05, 0) is 29.6 Å². The van der Waals surface area contributed by atoms with Crippen LogP contribution in [0.2, 0.25) is 0 Å². The lowest BCUT2D eigenvalue weighted by Gasteiger charge is -2.52. The monoisotopic (exact) mass is 650 g/mol. The van der Waals surface area contributed by atoms with Crippen LogP contribution < -0.4 is 5.73 Å². The van der Waals surface area contributed by atoms with Crippen molar-refractivity contribution in [3.8, 4) is 0 Å². The second kappa shape index (κ2) is 11.1. The molecule has 44 heavy (non-hydrogen) atoms. The van der Waals surface area contributed by atoms with E-state index in [-0.39, 0.29) is 43.3 Å². The smallest absolute Gasteiger partial charge is 0.365 e. The number of nitrogens with zero attached hydrogens (tertiary/aromatic N) is 6. The van der Waals surface area contributed by atoms with E-state index in [9.17, 15) is 13.9 Å². The molecule has 7 rings (SSSR count). The summed E-state index contributed by atoms with van der Waals surface area (Å²) in [6.07, 6.45) is 5.15. The van der Waals surface area contributed by atoms with E-state index in [1.807, 2.05) is 13.0 Å². The number of alkyl halides is 1. The molecule has 4 aliphatic rings. The Morgan fingerprint density at radius 2 is 2.00 bits per heavy atom. The Labute approximate surface area is 251 Å². The fourth-order valence-corrected chi connectivity index (χ4v) is 8.55. The minimum absolute atomic E-state index is 0.00315. The average molecular weight is 651 g/mol. The summed E-state index contributed by atoms with van der Waals surface area (Å²) in [7, 11) is -6.43. The minimum Gasteiger partial charge on any atom is -0.365 e. The predicted molar refractivity (Wildman–Crippen MR) is 153 cm³/mol. The molecule has 2 saturated heterocycles. The number of primary amides is 1. The first-order valence-corrected chi connectivity index (χ1v) is 17.2. The molecular formula is C26H31FN7O8P2+. The molecule has 3 aromatic heterocycles. The topological polar surface area (TPSA) is 184 Å². The van der Waals surface area contributed by atoms with Gasteiger partial charge in [0.2, 0.25) is 0 Å². The second-order valence-electron chi connectivity index (χ2n) is 11.9. The highest BCUT2D eigenvalue weighted by Crippen LogP contribution is 2.57. The van der Waals surface area contributed by atoms with Gasteiger partial charge in [-0.1, -0.05) is 13.0 Å². The van der Waals surface area contributed by atoms with Crippen LogP contribution in [0.3, 0.4) is 0 Å². The summed E-state index contributed by atoms with van der Waals surface area (Å²) >= 11 is 0. The summed E-state index contributed by atoms with van der Waals surface area (Å²) in [5.74, 6) is -0.878. The van der Waals surface area contributed by atoms with Crippen molar-refractivity contribution in [3.05, 3.63) is 37.3 Å². The van der Waals surface area contributed by atoms with Crippen molar-refractivity contribution in [3.63, 3.8) is 0 Å². The zero-order chi connectivity index (χ0) is 30.8. The largest absolute Gasteiger partial charge is 0.697 e. The number of rotatable bonds is 3. The third kappa shape index (κ3) is 5.22. The van der Waals surface area contributed by atoms with Crippen LogP contribution >= 0.6 is 15.9 Å². The molecule has 1 amide bonds. The highest BCUT2D eigenvalue weighted by molar-refractivity contribution is 7.53. The average Bonchev–Trinajstić information content (AvgIpc) is 3.68. The van der Waals surface area contributed by atoms with Gasteiger partial charge in [-0.25, -0.2) is 19.3 Å². The molecule has 2 unspecified atom stereocenters. The Morgan fingerprint density at radius 1 is 1.18 bits per heavy atom. The molecule has 0 radical (unpaired) electrons. The summed E-state index contributed by atoms with van der Waals surface area (Å²) in [6.45, 7) is 3.03. The Morgan fingerprint density at radius 3 is 2.82 bits per heavy atom. The van der Waals surface area contributed by atoms with Crippen molar-refractivity contribution >= 4 is 44.3 Å².